The van der Waals surface area contributed by atoms with E-state index in [0.29, 0.717) is 12.3 Å². The topological polar surface area (TPSA) is 88.1 Å². The molecule has 2 N–H and O–H groups in total. The molecule has 1 aromatic carbocycles. The molecular weight excluding hydrogens is 384 g/mol. The second-order valence-corrected chi connectivity index (χ2v) is 7.41. The lowest BCUT2D eigenvalue weighted by atomic mass is 10.1. The molecule has 7 nitrogen and oxygen atoms in total. The third kappa shape index (κ3) is 7.06. The number of hydrogen-bond acceptors (Lipinski definition) is 6. The number of esters is 1. The van der Waals surface area contributed by atoms with Crippen molar-refractivity contribution in [2.24, 2.45) is 0 Å². The number of carbonyl (C=O) groups excluding carboxylic acids is 2. The Morgan fingerprint density at radius 3 is 2.40 bits per heavy atom. The van der Waals surface area contributed by atoms with E-state index in [-0.39, 0.29) is 36.9 Å². The van der Waals surface area contributed by atoms with Gasteiger partial charge in [0.25, 0.3) is 5.91 Å². The zero-order chi connectivity index (χ0) is 21.8. The van der Waals surface area contributed by atoms with Gasteiger partial charge in [0.15, 0.2) is 0 Å². The molecule has 0 bridgehead atoms. The summed E-state index contributed by atoms with van der Waals surface area (Å²) >= 11 is 0. The molecular formula is C23H34N2O5. The summed E-state index contributed by atoms with van der Waals surface area (Å²) in [6.45, 7) is 3.02. The predicted molar refractivity (Wildman–Crippen MR) is 116 cm³/mol. The van der Waals surface area contributed by atoms with Crippen LogP contribution in [0.2, 0.25) is 0 Å². The van der Waals surface area contributed by atoms with Gasteiger partial charge in [0.2, 0.25) is 0 Å². The van der Waals surface area contributed by atoms with Gasteiger partial charge in [-0.2, -0.15) is 0 Å². The van der Waals surface area contributed by atoms with Gasteiger partial charge in [-0.1, -0.05) is 45.4 Å². The largest absolute Gasteiger partial charge is 0.494 e. The van der Waals surface area contributed by atoms with Crippen molar-refractivity contribution in [1.82, 2.24) is 4.90 Å². The fourth-order valence-electron chi connectivity index (χ4n) is 3.38. The summed E-state index contributed by atoms with van der Waals surface area (Å²) in [6.07, 6.45) is 8.68. The summed E-state index contributed by atoms with van der Waals surface area (Å²) in [6, 6.07) is 7.30. The van der Waals surface area contributed by atoms with E-state index in [1.54, 1.807) is 0 Å². The third-order valence-corrected chi connectivity index (χ3v) is 5.09. The van der Waals surface area contributed by atoms with Crippen LogP contribution in [0.3, 0.4) is 0 Å². The molecule has 1 aromatic rings. The first-order valence-corrected chi connectivity index (χ1v) is 10.8. The van der Waals surface area contributed by atoms with Gasteiger partial charge >= 0.3 is 5.97 Å². The lowest BCUT2D eigenvalue weighted by Gasteiger charge is -2.15. The summed E-state index contributed by atoms with van der Waals surface area (Å²) in [5, 5.41) is 12.1. The van der Waals surface area contributed by atoms with Gasteiger partial charge in [-0.15, -0.1) is 0 Å². The maximum absolute atomic E-state index is 12.5. The molecule has 1 aliphatic heterocycles. The number of methoxy groups -OCH3 is 1. The van der Waals surface area contributed by atoms with Gasteiger partial charge in [-0.05, 0) is 30.7 Å². The monoisotopic (exact) mass is 418 g/mol. The minimum Gasteiger partial charge on any atom is -0.494 e. The molecule has 30 heavy (non-hydrogen) atoms. The van der Waals surface area contributed by atoms with Crippen LogP contribution >= 0.6 is 0 Å². The number of aliphatic hydroxyl groups excluding tert-OH is 1. The molecule has 1 amide bonds. The van der Waals surface area contributed by atoms with Crippen molar-refractivity contribution < 1.29 is 24.2 Å². The Morgan fingerprint density at radius 2 is 1.77 bits per heavy atom. The number of β-amino-alcohol motifs (C(OH)–C–C–N with tert-alkyl or cyclic N) is 1. The number of ether oxygens (including phenoxy) is 2. The first-order chi connectivity index (χ1) is 14.6. The molecule has 0 unspecified atom stereocenters. The number of rotatable bonds is 14. The molecule has 0 atom stereocenters. The SMILES string of the molecule is CCCCCCCCCOc1ccc(NC2=C(C(=O)OC)CN(CCO)C2=O)cc1. The van der Waals surface area contributed by atoms with Crippen LogP contribution in [0.15, 0.2) is 35.5 Å². The van der Waals surface area contributed by atoms with Crippen LogP contribution in [0.5, 0.6) is 5.75 Å². The molecule has 2 rings (SSSR count). The van der Waals surface area contributed by atoms with Gasteiger partial charge in [-0.3, -0.25) is 4.79 Å². The summed E-state index contributed by atoms with van der Waals surface area (Å²) in [5.41, 5.74) is 1.12. The fraction of sp³-hybridized carbons (Fsp3) is 0.565. The highest BCUT2D eigenvalue weighted by molar-refractivity contribution is 6.08. The van der Waals surface area contributed by atoms with E-state index in [0.717, 1.165) is 12.2 Å². The fourth-order valence-corrected chi connectivity index (χ4v) is 3.38. The molecule has 1 aliphatic rings. The number of amides is 1. The lowest BCUT2D eigenvalue weighted by molar-refractivity contribution is -0.136. The average molecular weight is 419 g/mol. The standard InChI is InChI=1S/C23H34N2O5/c1-3-4-5-6-7-8-9-16-30-19-12-10-18(11-13-19)24-21-20(23(28)29-2)17-25(14-15-26)22(21)27/h10-13,24,26H,3-9,14-17H2,1-2H3. The Balaban J connectivity index is 1.85. The maximum atomic E-state index is 12.5. The predicted octanol–water partition coefficient (Wildman–Crippen LogP) is 3.49. The summed E-state index contributed by atoms with van der Waals surface area (Å²) < 4.78 is 10.6. The zero-order valence-electron chi connectivity index (χ0n) is 18.1. The molecule has 0 radical (unpaired) electrons. The van der Waals surface area contributed by atoms with E-state index < -0.39 is 5.97 Å². The van der Waals surface area contributed by atoms with E-state index >= 15 is 0 Å². The Morgan fingerprint density at radius 1 is 1.10 bits per heavy atom. The van der Waals surface area contributed by atoms with Gasteiger partial charge < -0.3 is 24.8 Å². The van der Waals surface area contributed by atoms with Crippen LogP contribution in [-0.4, -0.2) is 55.3 Å². The number of anilines is 1. The number of nitrogens with zero attached hydrogens (tertiary/aromatic N) is 1. The molecule has 0 aromatic heterocycles. The van der Waals surface area contributed by atoms with E-state index in [2.05, 4.69) is 12.2 Å². The van der Waals surface area contributed by atoms with Crippen molar-refractivity contribution in [2.45, 2.75) is 51.9 Å². The summed E-state index contributed by atoms with van der Waals surface area (Å²) in [4.78, 5) is 26.0. The Hall–Kier alpha value is -2.54. The van der Waals surface area contributed by atoms with Crippen molar-refractivity contribution in [2.75, 3.05) is 38.7 Å². The van der Waals surface area contributed by atoms with E-state index in [9.17, 15) is 9.59 Å². The van der Waals surface area contributed by atoms with Gasteiger partial charge in [-0.25, -0.2) is 4.79 Å². The number of carbonyl (C=O) groups is 2. The Bertz CT molecular complexity index is 715. The number of unbranched alkanes of at least 4 members (excludes halogenated alkanes) is 6. The Labute approximate surface area is 179 Å². The van der Waals surface area contributed by atoms with Crippen LogP contribution in [0.25, 0.3) is 0 Å². The highest BCUT2D eigenvalue weighted by atomic mass is 16.5. The molecule has 1 heterocycles. The first-order valence-electron chi connectivity index (χ1n) is 10.8. The number of aliphatic hydroxyl groups is 1. The van der Waals surface area contributed by atoms with E-state index in [4.69, 9.17) is 14.6 Å². The molecule has 0 spiro atoms. The molecule has 0 saturated carbocycles. The molecule has 0 aliphatic carbocycles. The van der Waals surface area contributed by atoms with Crippen LogP contribution in [-0.2, 0) is 14.3 Å². The third-order valence-electron chi connectivity index (χ3n) is 5.09. The maximum Gasteiger partial charge on any atom is 0.337 e. The second kappa shape index (κ2) is 12.9. The van der Waals surface area contributed by atoms with Crippen molar-refractivity contribution >= 4 is 17.6 Å². The highest BCUT2D eigenvalue weighted by Gasteiger charge is 2.34. The van der Waals surface area contributed by atoms with Crippen molar-refractivity contribution in [3.8, 4) is 5.75 Å². The summed E-state index contributed by atoms with van der Waals surface area (Å²) in [5.74, 6) is -0.113. The molecule has 0 saturated heterocycles. The van der Waals surface area contributed by atoms with Crippen LogP contribution in [0.1, 0.15) is 51.9 Å². The normalized spacial score (nSPS) is 13.7. The first kappa shape index (κ1) is 23.7. The van der Waals surface area contributed by atoms with Crippen LogP contribution in [0, 0.1) is 0 Å². The van der Waals surface area contributed by atoms with Crippen molar-refractivity contribution in [3.05, 3.63) is 35.5 Å². The minimum absolute atomic E-state index is 0.119. The van der Waals surface area contributed by atoms with E-state index in [1.807, 2.05) is 24.3 Å². The van der Waals surface area contributed by atoms with E-state index in [1.165, 1.54) is 50.5 Å². The highest BCUT2D eigenvalue weighted by Crippen LogP contribution is 2.24. The number of nitrogens with one attached hydrogen (secondary N) is 1. The molecule has 7 heteroatoms. The van der Waals surface area contributed by atoms with Gasteiger partial charge in [0.05, 0.1) is 32.4 Å². The number of hydrogen-bond donors (Lipinski definition) is 2. The smallest absolute Gasteiger partial charge is 0.337 e. The van der Waals surface area contributed by atoms with Gasteiger partial charge in [0, 0.05) is 12.2 Å². The van der Waals surface area contributed by atoms with Gasteiger partial charge in [0.1, 0.15) is 11.4 Å². The minimum atomic E-state index is -0.555. The lowest BCUT2D eigenvalue weighted by Crippen LogP contribution is -2.31. The molecule has 166 valence electrons. The summed E-state index contributed by atoms with van der Waals surface area (Å²) in [7, 11) is 1.28. The number of benzene rings is 1. The molecule has 0 fully saturated rings. The second-order valence-electron chi connectivity index (χ2n) is 7.41. The average Bonchev–Trinajstić information content (AvgIpc) is 3.06. The van der Waals surface area contributed by atoms with Crippen molar-refractivity contribution in [1.29, 1.82) is 0 Å². The van der Waals surface area contributed by atoms with Crippen molar-refractivity contribution in [3.63, 3.8) is 0 Å². The van der Waals surface area contributed by atoms with Crippen LogP contribution < -0.4 is 10.1 Å². The zero-order valence-corrected chi connectivity index (χ0v) is 18.1. The quantitative estimate of drug-likeness (QED) is 0.355. The van der Waals surface area contributed by atoms with Crippen LogP contribution in [0.4, 0.5) is 5.69 Å². The Kier molecular flexibility index (Phi) is 10.2.